The molecular formula is C16H29NO6. The average Bonchev–Trinajstić information content (AvgIpc) is 2.48. The van der Waals surface area contributed by atoms with Crippen LogP contribution in [0.25, 0.3) is 0 Å². The van der Waals surface area contributed by atoms with Gasteiger partial charge in [-0.2, -0.15) is 0 Å². The molecule has 0 spiro atoms. The van der Waals surface area contributed by atoms with Gasteiger partial charge >= 0.3 is 0 Å². The largest absolute Gasteiger partial charge is 0.394 e. The van der Waals surface area contributed by atoms with Gasteiger partial charge in [0.1, 0.15) is 24.1 Å². The van der Waals surface area contributed by atoms with E-state index in [0.29, 0.717) is 12.8 Å². The summed E-state index contributed by atoms with van der Waals surface area (Å²) in [6.07, 6.45) is 1.01. The Bertz CT molecular complexity index is 389. The van der Waals surface area contributed by atoms with E-state index >= 15 is 0 Å². The van der Waals surface area contributed by atoms with Crippen LogP contribution in [0, 0.1) is 0 Å². The van der Waals surface area contributed by atoms with Crippen molar-refractivity contribution in [2.45, 2.75) is 82.8 Å². The number of rotatable bonds is 9. The van der Waals surface area contributed by atoms with Gasteiger partial charge < -0.3 is 30.2 Å². The maximum absolute atomic E-state index is 11.3. The number of hydrogen-bond donors (Lipinski definition) is 4. The number of amides is 1. The molecule has 0 aliphatic carbocycles. The molecule has 1 rings (SSSR count). The lowest BCUT2D eigenvalue weighted by molar-refractivity contribution is -0.196. The van der Waals surface area contributed by atoms with Crippen LogP contribution in [-0.2, 0) is 14.3 Å². The van der Waals surface area contributed by atoms with Crippen molar-refractivity contribution >= 4 is 11.7 Å². The third-order valence-electron chi connectivity index (χ3n) is 4.17. The number of hydrogen-bond acceptors (Lipinski definition) is 6. The Hall–Kier alpha value is -1.02. The number of carbonyl (C=O) groups is 2. The number of aliphatic hydroxyl groups is 3. The minimum Gasteiger partial charge on any atom is -0.394 e. The Balaban J connectivity index is 2.49. The first-order valence-electron chi connectivity index (χ1n) is 8.25. The fourth-order valence-corrected chi connectivity index (χ4v) is 2.93. The molecule has 7 heteroatoms. The molecule has 1 fully saturated rings. The summed E-state index contributed by atoms with van der Waals surface area (Å²) in [6, 6.07) is -0.692. The van der Waals surface area contributed by atoms with Crippen LogP contribution in [0.4, 0.5) is 0 Å². The zero-order chi connectivity index (χ0) is 17.4. The number of nitrogens with one attached hydrogen (secondary N) is 1. The van der Waals surface area contributed by atoms with Gasteiger partial charge in [0.25, 0.3) is 0 Å². The first kappa shape index (κ1) is 20.0. The maximum Gasteiger partial charge on any atom is 0.217 e. The molecule has 0 bridgehead atoms. The molecule has 0 aromatic carbocycles. The lowest BCUT2D eigenvalue weighted by Crippen LogP contribution is -2.63. The van der Waals surface area contributed by atoms with Crippen molar-refractivity contribution in [2.75, 3.05) is 6.61 Å². The Morgan fingerprint density at radius 3 is 2.22 bits per heavy atom. The lowest BCUT2D eigenvalue weighted by Gasteiger charge is -2.42. The summed E-state index contributed by atoms with van der Waals surface area (Å²) < 4.78 is 5.65. The second-order valence-electron chi connectivity index (χ2n) is 6.26. The van der Waals surface area contributed by atoms with E-state index in [1.54, 1.807) is 6.92 Å². The summed E-state index contributed by atoms with van der Waals surface area (Å²) in [5.74, 6) is -0.118. The number of unbranched alkanes of at least 4 members (excludes halogenated alkanes) is 3. The van der Waals surface area contributed by atoms with E-state index in [2.05, 4.69) is 5.32 Å². The summed E-state index contributed by atoms with van der Waals surface area (Å²) >= 11 is 0. The third-order valence-corrected chi connectivity index (χ3v) is 4.17. The highest BCUT2D eigenvalue weighted by Crippen LogP contribution is 2.25. The topological polar surface area (TPSA) is 116 Å². The minimum atomic E-state index is -1.23. The summed E-state index contributed by atoms with van der Waals surface area (Å²) in [6.45, 7) is 2.53. The molecule has 7 nitrogen and oxygen atoms in total. The highest BCUT2D eigenvalue weighted by atomic mass is 16.5. The molecular weight excluding hydrogens is 302 g/mol. The van der Waals surface area contributed by atoms with Crippen LogP contribution in [0.5, 0.6) is 0 Å². The molecule has 1 saturated heterocycles. The predicted octanol–water partition coefficient (Wildman–Crippen LogP) is -0.0978. The second kappa shape index (κ2) is 9.97. The van der Waals surface area contributed by atoms with E-state index in [0.717, 1.165) is 25.7 Å². The van der Waals surface area contributed by atoms with Crippen LogP contribution in [0.2, 0.25) is 0 Å². The van der Waals surface area contributed by atoms with Crippen LogP contribution in [0.3, 0.4) is 0 Å². The molecule has 1 aliphatic rings. The normalized spacial score (nSPS) is 30.9. The van der Waals surface area contributed by atoms with Gasteiger partial charge in [-0.05, 0) is 19.8 Å². The molecule has 1 aliphatic heterocycles. The van der Waals surface area contributed by atoms with Crippen molar-refractivity contribution < 1.29 is 29.6 Å². The van der Waals surface area contributed by atoms with E-state index < -0.39 is 30.5 Å². The maximum atomic E-state index is 11.3. The van der Waals surface area contributed by atoms with E-state index in [9.17, 15) is 24.9 Å². The second-order valence-corrected chi connectivity index (χ2v) is 6.26. The minimum absolute atomic E-state index is 0.189. The zero-order valence-electron chi connectivity index (χ0n) is 13.9. The Morgan fingerprint density at radius 2 is 1.65 bits per heavy atom. The quantitative estimate of drug-likeness (QED) is 0.439. The molecule has 1 heterocycles. The van der Waals surface area contributed by atoms with Gasteiger partial charge in [0.15, 0.2) is 0 Å². The molecule has 5 atom stereocenters. The summed E-state index contributed by atoms with van der Waals surface area (Å²) in [5, 5.41) is 31.9. The van der Waals surface area contributed by atoms with Gasteiger partial charge in [0.2, 0.25) is 5.91 Å². The molecule has 5 unspecified atom stereocenters. The molecule has 0 radical (unpaired) electrons. The highest BCUT2D eigenvalue weighted by Gasteiger charge is 2.44. The smallest absolute Gasteiger partial charge is 0.217 e. The zero-order valence-corrected chi connectivity index (χ0v) is 13.9. The number of Topliss-reactive ketones (excluding diaryl/α,β-unsaturated/α-hetero) is 1. The monoisotopic (exact) mass is 331 g/mol. The number of aliphatic hydroxyl groups excluding tert-OH is 3. The number of ether oxygens (including phenoxy) is 1. The van der Waals surface area contributed by atoms with Crippen LogP contribution >= 0.6 is 0 Å². The van der Waals surface area contributed by atoms with E-state index in [1.165, 1.54) is 6.92 Å². The van der Waals surface area contributed by atoms with Gasteiger partial charge in [-0.15, -0.1) is 0 Å². The van der Waals surface area contributed by atoms with Crippen molar-refractivity contribution in [3.05, 3.63) is 0 Å². The Morgan fingerprint density at radius 1 is 1.00 bits per heavy atom. The lowest BCUT2D eigenvalue weighted by atomic mass is 9.90. The number of ketones is 1. The summed E-state index contributed by atoms with van der Waals surface area (Å²) in [4.78, 5) is 22.2. The van der Waals surface area contributed by atoms with Crippen molar-refractivity contribution in [2.24, 2.45) is 0 Å². The molecule has 0 aromatic heterocycles. The molecule has 4 N–H and O–H groups in total. The highest BCUT2D eigenvalue weighted by molar-refractivity contribution is 5.75. The Kier molecular flexibility index (Phi) is 8.68. The van der Waals surface area contributed by atoms with Crippen molar-refractivity contribution in [3.63, 3.8) is 0 Å². The van der Waals surface area contributed by atoms with Gasteiger partial charge in [0.05, 0.1) is 18.8 Å². The molecule has 134 valence electrons. The fourth-order valence-electron chi connectivity index (χ4n) is 2.93. The first-order chi connectivity index (χ1) is 10.9. The number of carbonyl (C=O) groups excluding carboxylic acids is 2. The van der Waals surface area contributed by atoms with Crippen molar-refractivity contribution in [1.29, 1.82) is 0 Å². The van der Waals surface area contributed by atoms with Crippen LogP contribution in [0.15, 0.2) is 0 Å². The first-order valence-corrected chi connectivity index (χ1v) is 8.25. The SMILES string of the molecule is CC(=O)CCCCCCC1OC(CO)C(O)C(O)C1NC(C)=O. The van der Waals surface area contributed by atoms with E-state index in [-0.39, 0.29) is 18.3 Å². The van der Waals surface area contributed by atoms with Crippen molar-refractivity contribution in [1.82, 2.24) is 5.32 Å². The fraction of sp³-hybridized carbons (Fsp3) is 0.875. The molecule has 23 heavy (non-hydrogen) atoms. The van der Waals surface area contributed by atoms with Crippen LogP contribution in [0.1, 0.15) is 52.4 Å². The Labute approximate surface area is 137 Å². The molecule has 0 saturated carbocycles. The summed E-state index contributed by atoms with van der Waals surface area (Å²) in [5.41, 5.74) is 0. The van der Waals surface area contributed by atoms with Gasteiger partial charge in [-0.25, -0.2) is 0 Å². The van der Waals surface area contributed by atoms with Gasteiger partial charge in [-0.1, -0.05) is 19.3 Å². The molecule has 0 aromatic rings. The standard InChI is InChI=1S/C16H29NO6/c1-10(19)7-5-3-4-6-8-12-14(17-11(2)20)16(22)15(21)13(9-18)23-12/h12-16,18,21-22H,3-9H2,1-2H3,(H,17,20). The predicted molar refractivity (Wildman–Crippen MR) is 83.7 cm³/mol. The summed E-state index contributed by atoms with van der Waals surface area (Å²) in [7, 11) is 0. The van der Waals surface area contributed by atoms with E-state index in [1.807, 2.05) is 0 Å². The van der Waals surface area contributed by atoms with Crippen LogP contribution in [-0.4, -0.2) is 64.1 Å². The average molecular weight is 331 g/mol. The van der Waals surface area contributed by atoms with Crippen molar-refractivity contribution in [3.8, 4) is 0 Å². The molecule has 1 amide bonds. The third kappa shape index (κ3) is 6.55. The van der Waals surface area contributed by atoms with Crippen LogP contribution < -0.4 is 5.32 Å². The van der Waals surface area contributed by atoms with Gasteiger partial charge in [0, 0.05) is 13.3 Å². The van der Waals surface area contributed by atoms with Gasteiger partial charge in [-0.3, -0.25) is 4.79 Å². The van der Waals surface area contributed by atoms with E-state index in [4.69, 9.17) is 4.74 Å².